The van der Waals surface area contributed by atoms with Crippen molar-refractivity contribution in [3.63, 3.8) is 0 Å². The summed E-state index contributed by atoms with van der Waals surface area (Å²) >= 11 is 5.88. The van der Waals surface area contributed by atoms with E-state index in [1.54, 1.807) is 42.5 Å². The number of ether oxygens (including phenoxy) is 2. The molecule has 0 bridgehead atoms. The van der Waals surface area contributed by atoms with Gasteiger partial charge in [-0.25, -0.2) is 4.79 Å². The van der Waals surface area contributed by atoms with Gasteiger partial charge in [0.2, 0.25) is 0 Å². The molecule has 3 aromatic rings. The summed E-state index contributed by atoms with van der Waals surface area (Å²) < 4.78 is 16.2. The van der Waals surface area contributed by atoms with Gasteiger partial charge in [0.15, 0.2) is 11.7 Å². The highest BCUT2D eigenvalue weighted by atomic mass is 35.5. The Bertz CT molecular complexity index is 843. The molecule has 23 heavy (non-hydrogen) atoms. The van der Waals surface area contributed by atoms with E-state index in [2.05, 4.69) is 4.98 Å². The number of hydrogen-bond acceptors (Lipinski definition) is 5. The molecule has 1 N–H and O–H groups in total. The summed E-state index contributed by atoms with van der Waals surface area (Å²) in [6, 6.07) is 11.6. The molecule has 118 valence electrons. The molecule has 7 heteroatoms. The number of aromatic nitrogens is 1. The molecule has 0 radical (unpaired) electrons. The minimum atomic E-state index is -1.03. The van der Waals surface area contributed by atoms with Crippen molar-refractivity contribution in [2.45, 2.75) is 13.0 Å². The molecule has 0 fully saturated rings. The lowest BCUT2D eigenvalue weighted by molar-refractivity contribution is -0.144. The van der Waals surface area contributed by atoms with Gasteiger partial charge in [0.25, 0.3) is 0 Å². The van der Waals surface area contributed by atoms with Crippen LogP contribution >= 0.6 is 11.6 Å². The first kappa shape index (κ1) is 15.2. The van der Waals surface area contributed by atoms with E-state index in [9.17, 15) is 4.79 Å². The predicted octanol–water partition coefficient (Wildman–Crippen LogP) is 4.13. The lowest BCUT2D eigenvalue weighted by Gasteiger charge is -2.10. The van der Waals surface area contributed by atoms with Crippen molar-refractivity contribution >= 4 is 28.7 Å². The van der Waals surface area contributed by atoms with Crippen LogP contribution in [0.5, 0.6) is 17.6 Å². The SMILES string of the molecule is C[C@H](Oc1ccc(Oc2nc3ccc(Cl)cc3o2)cc1)C(=O)O. The zero-order chi connectivity index (χ0) is 16.4. The molecular formula is C16H12ClNO5. The number of carbonyl (C=O) groups is 1. The maximum Gasteiger partial charge on any atom is 0.400 e. The van der Waals surface area contributed by atoms with Crippen molar-refractivity contribution in [1.82, 2.24) is 4.98 Å². The van der Waals surface area contributed by atoms with Crippen LogP contribution in [0.2, 0.25) is 5.02 Å². The zero-order valence-corrected chi connectivity index (χ0v) is 12.8. The molecule has 0 aliphatic heterocycles. The van der Waals surface area contributed by atoms with Crippen LogP contribution in [0.3, 0.4) is 0 Å². The van der Waals surface area contributed by atoms with Crippen LogP contribution in [-0.2, 0) is 4.79 Å². The maximum absolute atomic E-state index is 10.7. The molecule has 0 saturated heterocycles. The molecule has 0 saturated carbocycles. The Kier molecular flexibility index (Phi) is 4.08. The molecule has 0 spiro atoms. The third kappa shape index (κ3) is 3.54. The fourth-order valence-electron chi connectivity index (χ4n) is 1.86. The topological polar surface area (TPSA) is 81.8 Å². The van der Waals surface area contributed by atoms with E-state index in [0.717, 1.165) is 0 Å². The first-order valence-electron chi connectivity index (χ1n) is 6.75. The van der Waals surface area contributed by atoms with Crippen molar-refractivity contribution in [2.24, 2.45) is 0 Å². The molecule has 1 aromatic heterocycles. The molecule has 0 unspecified atom stereocenters. The lowest BCUT2D eigenvalue weighted by atomic mass is 10.3. The third-order valence-corrected chi connectivity index (χ3v) is 3.26. The number of rotatable bonds is 5. The van der Waals surface area contributed by atoms with Crippen LogP contribution < -0.4 is 9.47 Å². The summed E-state index contributed by atoms with van der Waals surface area (Å²) in [6.07, 6.45) is -0.835. The third-order valence-electron chi connectivity index (χ3n) is 3.02. The number of carboxylic acids is 1. The average molecular weight is 334 g/mol. The first-order chi connectivity index (χ1) is 11.0. The Morgan fingerprint density at radius 1 is 1.22 bits per heavy atom. The van der Waals surface area contributed by atoms with Crippen molar-refractivity contribution in [3.8, 4) is 17.6 Å². The molecule has 1 heterocycles. The molecule has 0 aliphatic rings. The summed E-state index contributed by atoms with van der Waals surface area (Å²) in [7, 11) is 0. The van der Waals surface area contributed by atoms with E-state index in [1.165, 1.54) is 6.92 Å². The number of benzene rings is 2. The van der Waals surface area contributed by atoms with Gasteiger partial charge in [0.05, 0.1) is 0 Å². The largest absolute Gasteiger partial charge is 0.479 e. The predicted molar refractivity (Wildman–Crippen MR) is 83.3 cm³/mol. The minimum Gasteiger partial charge on any atom is -0.479 e. The Hall–Kier alpha value is -2.73. The van der Waals surface area contributed by atoms with Gasteiger partial charge in [-0.1, -0.05) is 11.6 Å². The number of oxazole rings is 1. The quantitative estimate of drug-likeness (QED) is 0.756. The van der Waals surface area contributed by atoms with Crippen molar-refractivity contribution < 1.29 is 23.8 Å². The van der Waals surface area contributed by atoms with Crippen LogP contribution in [-0.4, -0.2) is 22.2 Å². The number of fused-ring (bicyclic) bond motifs is 1. The summed E-state index contributed by atoms with van der Waals surface area (Å²) in [5, 5.41) is 9.35. The van der Waals surface area contributed by atoms with Crippen LogP contribution in [0.4, 0.5) is 0 Å². The standard InChI is InChI=1S/C16H12ClNO5/c1-9(15(19)20)21-11-3-5-12(6-4-11)22-16-18-13-7-2-10(17)8-14(13)23-16/h2-9H,1H3,(H,19,20)/t9-/m0/s1. The lowest BCUT2D eigenvalue weighted by Crippen LogP contribution is -2.22. The summed E-state index contributed by atoms with van der Waals surface area (Å²) in [5.74, 6) is -0.120. The fourth-order valence-corrected chi connectivity index (χ4v) is 2.02. The van der Waals surface area contributed by atoms with Gasteiger partial charge in [0.1, 0.15) is 17.0 Å². The molecule has 0 aliphatic carbocycles. The van der Waals surface area contributed by atoms with Crippen molar-refractivity contribution in [3.05, 3.63) is 47.5 Å². The van der Waals surface area contributed by atoms with Gasteiger partial charge in [-0.15, -0.1) is 0 Å². The zero-order valence-electron chi connectivity index (χ0n) is 12.0. The van der Waals surface area contributed by atoms with E-state index in [4.69, 9.17) is 30.6 Å². The van der Waals surface area contributed by atoms with E-state index < -0.39 is 12.1 Å². The molecule has 2 aromatic carbocycles. The highest BCUT2D eigenvalue weighted by Crippen LogP contribution is 2.28. The summed E-state index contributed by atoms with van der Waals surface area (Å²) in [4.78, 5) is 14.9. The summed E-state index contributed by atoms with van der Waals surface area (Å²) in [6.45, 7) is 1.45. The van der Waals surface area contributed by atoms with Gasteiger partial charge >= 0.3 is 12.0 Å². The van der Waals surface area contributed by atoms with Crippen LogP contribution in [0, 0.1) is 0 Å². The van der Waals surface area contributed by atoms with E-state index in [0.29, 0.717) is 27.6 Å². The monoisotopic (exact) mass is 333 g/mol. The van der Waals surface area contributed by atoms with E-state index in [1.807, 2.05) is 0 Å². The summed E-state index contributed by atoms with van der Waals surface area (Å²) in [5.41, 5.74) is 1.17. The number of hydrogen-bond donors (Lipinski definition) is 1. The molecule has 3 rings (SSSR count). The second kappa shape index (κ2) is 6.18. The second-order valence-electron chi connectivity index (χ2n) is 4.76. The molecular weight excluding hydrogens is 322 g/mol. The second-order valence-corrected chi connectivity index (χ2v) is 5.20. The van der Waals surface area contributed by atoms with Gasteiger partial charge in [-0.2, -0.15) is 4.98 Å². The van der Waals surface area contributed by atoms with Gasteiger partial charge < -0.3 is 19.0 Å². The smallest absolute Gasteiger partial charge is 0.400 e. The van der Waals surface area contributed by atoms with Crippen LogP contribution in [0.1, 0.15) is 6.92 Å². The Balaban J connectivity index is 1.73. The minimum absolute atomic E-state index is 0.0924. The fraction of sp³-hybridized carbons (Fsp3) is 0.125. The molecule has 1 atom stereocenters. The van der Waals surface area contributed by atoms with Crippen molar-refractivity contribution in [1.29, 1.82) is 0 Å². The van der Waals surface area contributed by atoms with Gasteiger partial charge in [-0.3, -0.25) is 0 Å². The van der Waals surface area contributed by atoms with E-state index in [-0.39, 0.29) is 6.08 Å². The van der Waals surface area contributed by atoms with Crippen LogP contribution in [0.15, 0.2) is 46.9 Å². The highest BCUT2D eigenvalue weighted by molar-refractivity contribution is 6.31. The number of carboxylic acid groups (broad SMARTS) is 1. The van der Waals surface area contributed by atoms with Crippen LogP contribution in [0.25, 0.3) is 11.1 Å². The van der Waals surface area contributed by atoms with Gasteiger partial charge in [-0.05, 0) is 43.3 Å². The average Bonchev–Trinajstić information content (AvgIpc) is 2.90. The number of nitrogens with zero attached hydrogens (tertiary/aromatic N) is 1. The Labute approximate surface area is 136 Å². The van der Waals surface area contributed by atoms with E-state index >= 15 is 0 Å². The number of aliphatic carboxylic acids is 1. The maximum atomic E-state index is 10.7. The normalized spacial score (nSPS) is 12.1. The number of halogens is 1. The van der Waals surface area contributed by atoms with Gasteiger partial charge in [0, 0.05) is 11.1 Å². The Morgan fingerprint density at radius 2 is 1.91 bits per heavy atom. The van der Waals surface area contributed by atoms with Crippen molar-refractivity contribution in [2.75, 3.05) is 0 Å². The molecule has 0 amide bonds. The highest BCUT2D eigenvalue weighted by Gasteiger charge is 2.13. The Morgan fingerprint density at radius 3 is 2.61 bits per heavy atom. The first-order valence-corrected chi connectivity index (χ1v) is 7.12. The molecule has 6 nitrogen and oxygen atoms in total.